The van der Waals surface area contributed by atoms with Gasteiger partial charge in [0, 0.05) is 13.2 Å². The van der Waals surface area contributed by atoms with Crippen molar-refractivity contribution in [3.8, 4) is 0 Å². The van der Waals surface area contributed by atoms with Crippen molar-refractivity contribution in [1.82, 2.24) is 0 Å². The van der Waals surface area contributed by atoms with E-state index in [1.807, 2.05) is 0 Å². The quantitative estimate of drug-likeness (QED) is 0.922. The molecule has 0 amide bonds. The van der Waals surface area contributed by atoms with Gasteiger partial charge in [-0.1, -0.05) is 18.2 Å². The number of carbonyl (C=O) groups is 1. The molecule has 1 heterocycles. The van der Waals surface area contributed by atoms with Crippen molar-refractivity contribution in [3.05, 3.63) is 30.3 Å². The Morgan fingerprint density at radius 1 is 1.10 bits per heavy atom. The second-order valence-corrected chi connectivity index (χ2v) is 8.34. The van der Waals surface area contributed by atoms with E-state index < -0.39 is 20.6 Å². The van der Waals surface area contributed by atoms with Gasteiger partial charge in [-0.25, -0.2) is 8.42 Å². The number of hydrogen-bond acceptors (Lipinski definition) is 4. The molecule has 0 radical (unpaired) electrons. The number of sulfone groups is 1. The summed E-state index contributed by atoms with van der Waals surface area (Å²) < 4.78 is 29.2. The molecule has 0 aromatic heterocycles. The van der Waals surface area contributed by atoms with Crippen LogP contribution >= 0.6 is 0 Å². The van der Waals surface area contributed by atoms with E-state index in [4.69, 9.17) is 4.74 Å². The molecule has 6 heteroatoms. The molecule has 1 aliphatic carbocycles. The van der Waals surface area contributed by atoms with Crippen LogP contribution in [-0.2, 0) is 19.4 Å². The number of rotatable bonds is 3. The molecule has 2 aliphatic rings. The SMILES string of the molecule is O=C(O)C1(S(=O)(=O)c2ccccc2)CC2(CCOCC2)C1. The highest BCUT2D eigenvalue weighted by Crippen LogP contribution is 2.59. The fourth-order valence-corrected chi connectivity index (χ4v) is 5.79. The van der Waals surface area contributed by atoms with Gasteiger partial charge in [-0.2, -0.15) is 0 Å². The van der Waals surface area contributed by atoms with Crippen LogP contribution in [0.1, 0.15) is 25.7 Å². The molecule has 1 N–H and O–H groups in total. The summed E-state index contributed by atoms with van der Waals surface area (Å²) in [5.74, 6) is -1.23. The van der Waals surface area contributed by atoms with Crippen LogP contribution in [0.4, 0.5) is 0 Å². The zero-order valence-electron chi connectivity index (χ0n) is 11.6. The van der Waals surface area contributed by atoms with E-state index >= 15 is 0 Å². The minimum atomic E-state index is -3.88. The summed E-state index contributed by atoms with van der Waals surface area (Å²) in [5.41, 5.74) is -0.182. The lowest BCUT2D eigenvalue weighted by Crippen LogP contribution is -2.62. The molecular formula is C15H18O5S. The Labute approximate surface area is 123 Å². The van der Waals surface area contributed by atoms with E-state index in [2.05, 4.69) is 0 Å². The lowest BCUT2D eigenvalue weighted by molar-refractivity contribution is -0.150. The molecule has 3 rings (SSSR count). The minimum absolute atomic E-state index is 0.0920. The summed E-state index contributed by atoms with van der Waals surface area (Å²) in [5, 5.41) is 9.58. The van der Waals surface area contributed by atoms with Crippen LogP contribution in [0.2, 0.25) is 0 Å². The summed E-state index contributed by atoms with van der Waals surface area (Å²) in [4.78, 5) is 11.8. The Hall–Kier alpha value is -1.40. The van der Waals surface area contributed by atoms with Gasteiger partial charge in [0.15, 0.2) is 14.6 Å². The van der Waals surface area contributed by atoms with E-state index in [0.717, 1.165) is 12.8 Å². The first-order chi connectivity index (χ1) is 9.92. The zero-order valence-corrected chi connectivity index (χ0v) is 12.4. The van der Waals surface area contributed by atoms with Crippen LogP contribution in [-0.4, -0.2) is 37.5 Å². The Morgan fingerprint density at radius 3 is 2.19 bits per heavy atom. The first-order valence-corrected chi connectivity index (χ1v) is 8.51. The maximum absolute atomic E-state index is 12.8. The van der Waals surface area contributed by atoms with Gasteiger partial charge in [0.05, 0.1) is 4.90 Å². The van der Waals surface area contributed by atoms with E-state index in [9.17, 15) is 18.3 Å². The fourth-order valence-electron chi connectivity index (χ4n) is 3.60. The number of carboxylic acids is 1. The number of hydrogen-bond donors (Lipinski definition) is 1. The molecule has 1 aromatic carbocycles. The monoisotopic (exact) mass is 310 g/mol. The third-order valence-corrected chi connectivity index (χ3v) is 7.22. The van der Waals surface area contributed by atoms with Gasteiger partial charge >= 0.3 is 5.97 Å². The maximum atomic E-state index is 12.8. The summed E-state index contributed by atoms with van der Waals surface area (Å²) in [7, 11) is -3.88. The van der Waals surface area contributed by atoms with E-state index in [0.29, 0.717) is 13.2 Å². The molecule has 1 saturated heterocycles. The van der Waals surface area contributed by atoms with Gasteiger partial charge in [-0.15, -0.1) is 0 Å². The van der Waals surface area contributed by atoms with Crippen molar-refractivity contribution in [3.63, 3.8) is 0 Å². The molecule has 21 heavy (non-hydrogen) atoms. The minimum Gasteiger partial charge on any atom is -0.480 e. The molecule has 2 fully saturated rings. The Kier molecular flexibility index (Phi) is 3.33. The Bertz CT molecular complexity index is 636. The lowest BCUT2D eigenvalue weighted by Gasteiger charge is -2.54. The smallest absolute Gasteiger partial charge is 0.325 e. The van der Waals surface area contributed by atoms with Crippen molar-refractivity contribution in [1.29, 1.82) is 0 Å². The molecule has 5 nitrogen and oxygen atoms in total. The Morgan fingerprint density at radius 2 is 1.67 bits per heavy atom. The van der Waals surface area contributed by atoms with Crippen molar-refractivity contribution in [2.45, 2.75) is 35.3 Å². The van der Waals surface area contributed by atoms with Gasteiger partial charge in [-0.3, -0.25) is 4.79 Å². The van der Waals surface area contributed by atoms with Crippen molar-refractivity contribution >= 4 is 15.8 Å². The molecule has 1 aliphatic heterocycles. The summed E-state index contributed by atoms with van der Waals surface area (Å²) in [6.07, 6.45) is 1.87. The predicted octanol–water partition coefficient (Wildman–Crippen LogP) is 1.87. The number of carboxylic acid groups (broad SMARTS) is 1. The third kappa shape index (κ3) is 2.08. The van der Waals surface area contributed by atoms with Crippen LogP contribution in [0.15, 0.2) is 35.2 Å². The van der Waals surface area contributed by atoms with Crippen molar-refractivity contribution in [2.75, 3.05) is 13.2 Å². The van der Waals surface area contributed by atoms with E-state index in [1.165, 1.54) is 12.1 Å². The maximum Gasteiger partial charge on any atom is 0.325 e. The molecule has 114 valence electrons. The summed E-state index contributed by atoms with van der Waals surface area (Å²) in [6, 6.07) is 7.88. The topological polar surface area (TPSA) is 80.7 Å². The molecule has 0 atom stereocenters. The average molecular weight is 310 g/mol. The van der Waals surface area contributed by atoms with Crippen molar-refractivity contribution < 1.29 is 23.1 Å². The van der Waals surface area contributed by atoms with E-state index in [1.54, 1.807) is 18.2 Å². The second kappa shape index (κ2) is 4.81. The number of aliphatic carboxylic acids is 1. The normalized spacial score (nSPS) is 23.4. The van der Waals surface area contributed by atoms with Crippen LogP contribution in [0.5, 0.6) is 0 Å². The van der Waals surface area contributed by atoms with Crippen molar-refractivity contribution in [2.24, 2.45) is 5.41 Å². The second-order valence-electron chi connectivity index (χ2n) is 6.08. The van der Waals surface area contributed by atoms with Gasteiger partial charge in [-0.05, 0) is 43.2 Å². The molecule has 0 bridgehead atoms. The van der Waals surface area contributed by atoms with Gasteiger partial charge in [0.25, 0.3) is 0 Å². The average Bonchev–Trinajstić information content (AvgIpc) is 2.45. The van der Waals surface area contributed by atoms with Gasteiger partial charge < -0.3 is 9.84 Å². The lowest BCUT2D eigenvalue weighted by atomic mass is 9.57. The predicted molar refractivity (Wildman–Crippen MR) is 75.7 cm³/mol. The fraction of sp³-hybridized carbons (Fsp3) is 0.533. The summed E-state index contributed by atoms with van der Waals surface area (Å²) >= 11 is 0. The Balaban J connectivity index is 1.96. The molecular weight excluding hydrogens is 292 g/mol. The highest BCUT2D eigenvalue weighted by Gasteiger charge is 2.66. The third-order valence-electron chi connectivity index (χ3n) is 4.83. The van der Waals surface area contributed by atoms with Gasteiger partial charge in [0.1, 0.15) is 0 Å². The number of benzene rings is 1. The highest BCUT2D eigenvalue weighted by molar-refractivity contribution is 7.93. The number of ether oxygens (including phenoxy) is 1. The van der Waals surface area contributed by atoms with Crippen LogP contribution in [0.25, 0.3) is 0 Å². The standard InChI is InChI=1S/C15H18O5S/c16-13(17)15(10-14(11-15)6-8-20-9-7-14)21(18,19)12-4-2-1-3-5-12/h1-5H,6-11H2,(H,16,17). The molecule has 1 saturated carbocycles. The van der Waals surface area contributed by atoms with Gasteiger partial charge in [0.2, 0.25) is 0 Å². The first kappa shape index (κ1) is 14.5. The highest BCUT2D eigenvalue weighted by atomic mass is 32.2. The summed E-state index contributed by atoms with van der Waals surface area (Å²) in [6.45, 7) is 1.17. The van der Waals surface area contributed by atoms with Crippen LogP contribution < -0.4 is 0 Å². The largest absolute Gasteiger partial charge is 0.480 e. The van der Waals surface area contributed by atoms with Crippen LogP contribution in [0.3, 0.4) is 0 Å². The zero-order chi connectivity index (χ0) is 15.1. The molecule has 1 aromatic rings. The molecule has 0 unspecified atom stereocenters. The van der Waals surface area contributed by atoms with Crippen LogP contribution in [0, 0.1) is 5.41 Å². The molecule has 1 spiro atoms. The first-order valence-electron chi connectivity index (χ1n) is 7.03. The van der Waals surface area contributed by atoms with E-state index in [-0.39, 0.29) is 23.2 Å².